The van der Waals surface area contributed by atoms with Crippen molar-refractivity contribution in [1.82, 2.24) is 9.71 Å². The maximum atomic E-state index is 10.3. The first-order chi connectivity index (χ1) is 6.66. The van der Waals surface area contributed by atoms with Crippen LogP contribution < -0.4 is 4.84 Å². The predicted molar refractivity (Wildman–Crippen MR) is 46.0 cm³/mol. The number of carboxylic acid groups (broad SMARTS) is 1. The Morgan fingerprint density at radius 1 is 1.50 bits per heavy atom. The summed E-state index contributed by atoms with van der Waals surface area (Å²) in [6.45, 7) is 0. The molecule has 6 heteroatoms. The second-order valence-electron chi connectivity index (χ2n) is 2.60. The van der Waals surface area contributed by atoms with E-state index in [1.165, 1.54) is 18.5 Å². The molecule has 14 heavy (non-hydrogen) atoms. The van der Waals surface area contributed by atoms with E-state index in [2.05, 4.69) is 9.82 Å². The highest BCUT2D eigenvalue weighted by Crippen LogP contribution is 2.17. The lowest BCUT2D eigenvalue weighted by atomic mass is 10.3. The fraction of sp³-hybridized carbons (Fsp3) is 0. The summed E-state index contributed by atoms with van der Waals surface area (Å²) in [5, 5.41) is 17.5. The first-order valence-electron chi connectivity index (χ1n) is 3.74. The molecule has 1 aromatic carbocycles. The smallest absolute Gasteiger partial charge is 0.508 e. The molecule has 6 nitrogen and oxygen atoms in total. The number of fused-ring (bicyclic) bond motifs is 1. The minimum Gasteiger partial charge on any atom is -0.508 e. The van der Waals surface area contributed by atoms with E-state index in [4.69, 9.17) is 10.2 Å². The molecular weight excluding hydrogens is 188 g/mol. The van der Waals surface area contributed by atoms with E-state index < -0.39 is 6.16 Å². The van der Waals surface area contributed by atoms with Crippen LogP contribution in [0.5, 0.6) is 5.75 Å². The molecule has 0 aliphatic carbocycles. The van der Waals surface area contributed by atoms with E-state index in [1.807, 2.05) is 0 Å². The van der Waals surface area contributed by atoms with E-state index in [1.54, 1.807) is 6.07 Å². The Balaban J connectivity index is 2.55. The number of phenols is 1. The van der Waals surface area contributed by atoms with Gasteiger partial charge in [-0.2, -0.15) is 4.73 Å². The van der Waals surface area contributed by atoms with Crippen molar-refractivity contribution in [3.8, 4) is 5.75 Å². The van der Waals surface area contributed by atoms with Crippen LogP contribution in [0, 0.1) is 0 Å². The van der Waals surface area contributed by atoms with Crippen molar-refractivity contribution in [2.45, 2.75) is 0 Å². The quantitative estimate of drug-likeness (QED) is 0.702. The van der Waals surface area contributed by atoms with E-state index in [9.17, 15) is 4.79 Å². The molecule has 0 saturated heterocycles. The number of aromatic nitrogens is 2. The Hall–Kier alpha value is -2.24. The third kappa shape index (κ3) is 1.33. The number of rotatable bonds is 1. The molecule has 0 saturated carbocycles. The molecule has 1 aromatic heterocycles. The van der Waals surface area contributed by atoms with Gasteiger partial charge in [0.2, 0.25) is 0 Å². The first-order valence-corrected chi connectivity index (χ1v) is 3.74. The molecule has 0 bridgehead atoms. The molecule has 2 aromatic rings. The maximum Gasteiger partial charge on any atom is 0.531 e. The number of carbonyl (C=O) groups is 1. The fourth-order valence-electron chi connectivity index (χ4n) is 1.13. The molecule has 0 amide bonds. The van der Waals surface area contributed by atoms with Crippen LogP contribution >= 0.6 is 0 Å². The van der Waals surface area contributed by atoms with Crippen LogP contribution in [-0.2, 0) is 0 Å². The van der Waals surface area contributed by atoms with Gasteiger partial charge >= 0.3 is 6.16 Å². The van der Waals surface area contributed by atoms with Gasteiger partial charge in [0, 0.05) is 6.07 Å². The van der Waals surface area contributed by atoms with Crippen molar-refractivity contribution in [1.29, 1.82) is 0 Å². The summed E-state index contributed by atoms with van der Waals surface area (Å²) in [6, 6.07) is 4.39. The third-order valence-corrected chi connectivity index (χ3v) is 1.67. The molecule has 72 valence electrons. The minimum atomic E-state index is -1.44. The zero-order valence-corrected chi connectivity index (χ0v) is 6.91. The van der Waals surface area contributed by atoms with Crippen molar-refractivity contribution in [2.75, 3.05) is 0 Å². The van der Waals surface area contributed by atoms with Gasteiger partial charge in [-0.1, -0.05) is 0 Å². The van der Waals surface area contributed by atoms with Crippen LogP contribution in [0.25, 0.3) is 11.0 Å². The second kappa shape index (κ2) is 2.91. The summed E-state index contributed by atoms with van der Waals surface area (Å²) in [5.41, 5.74) is 0.941. The Morgan fingerprint density at radius 3 is 3.00 bits per heavy atom. The van der Waals surface area contributed by atoms with Gasteiger partial charge in [0.05, 0.1) is 5.52 Å². The number of nitrogens with zero attached hydrogens (tertiary/aromatic N) is 2. The maximum absolute atomic E-state index is 10.3. The SMILES string of the molecule is O=C(O)On1cnc2ccc(O)cc21. The number of benzene rings is 1. The molecule has 0 spiro atoms. The molecule has 0 radical (unpaired) electrons. The zero-order valence-electron chi connectivity index (χ0n) is 6.91. The van der Waals surface area contributed by atoms with Crippen LogP contribution in [0.4, 0.5) is 4.79 Å². The van der Waals surface area contributed by atoms with Gasteiger partial charge in [0.15, 0.2) is 0 Å². The van der Waals surface area contributed by atoms with E-state index in [0.29, 0.717) is 11.0 Å². The van der Waals surface area contributed by atoms with Crippen LogP contribution in [0.3, 0.4) is 0 Å². The van der Waals surface area contributed by atoms with E-state index in [-0.39, 0.29) is 5.75 Å². The standard InChI is InChI=1S/C8H6N2O4/c11-5-1-2-6-7(3-5)10(4-9-6)14-8(12)13/h1-4,11H,(H,12,13). The highest BCUT2D eigenvalue weighted by Gasteiger charge is 2.06. The van der Waals surface area contributed by atoms with Crippen LogP contribution in [-0.4, -0.2) is 26.1 Å². The Bertz CT molecular complexity index is 491. The van der Waals surface area contributed by atoms with Gasteiger partial charge < -0.3 is 10.2 Å². The lowest BCUT2D eigenvalue weighted by Gasteiger charge is -1.99. The number of hydrogen-bond acceptors (Lipinski definition) is 4. The average molecular weight is 194 g/mol. The number of imidazole rings is 1. The molecule has 2 N–H and O–H groups in total. The van der Waals surface area contributed by atoms with Crippen molar-refractivity contribution < 1.29 is 19.8 Å². The van der Waals surface area contributed by atoms with Crippen LogP contribution in [0.1, 0.15) is 0 Å². The van der Waals surface area contributed by atoms with Gasteiger partial charge in [-0.05, 0) is 12.1 Å². The van der Waals surface area contributed by atoms with Crippen molar-refractivity contribution >= 4 is 17.2 Å². The molecule has 2 rings (SSSR count). The van der Waals surface area contributed by atoms with E-state index in [0.717, 1.165) is 4.73 Å². The first kappa shape index (κ1) is 8.36. The molecule has 0 atom stereocenters. The Kier molecular flexibility index (Phi) is 1.74. The summed E-state index contributed by atoms with van der Waals surface area (Å²) < 4.78 is 0.970. The molecule has 0 unspecified atom stereocenters. The summed E-state index contributed by atoms with van der Waals surface area (Å²) in [7, 11) is 0. The molecule has 1 heterocycles. The molecule has 0 fully saturated rings. The summed E-state index contributed by atoms with van der Waals surface area (Å²) in [4.78, 5) is 18.5. The van der Waals surface area contributed by atoms with Crippen molar-refractivity contribution in [3.63, 3.8) is 0 Å². The minimum absolute atomic E-state index is 0.0215. The second-order valence-corrected chi connectivity index (χ2v) is 2.60. The van der Waals surface area contributed by atoms with Gasteiger partial charge in [-0.3, -0.25) is 4.84 Å². The summed E-state index contributed by atoms with van der Waals surface area (Å²) in [5.74, 6) is 0.0215. The van der Waals surface area contributed by atoms with Crippen LogP contribution in [0.15, 0.2) is 24.5 Å². The van der Waals surface area contributed by atoms with Crippen molar-refractivity contribution in [3.05, 3.63) is 24.5 Å². The molecular formula is C8H6N2O4. The Morgan fingerprint density at radius 2 is 2.29 bits per heavy atom. The van der Waals surface area contributed by atoms with Gasteiger partial charge in [-0.15, -0.1) is 0 Å². The number of phenolic OH excluding ortho intramolecular Hbond substituents is 1. The van der Waals surface area contributed by atoms with E-state index >= 15 is 0 Å². The van der Waals surface area contributed by atoms with Crippen LogP contribution in [0.2, 0.25) is 0 Å². The largest absolute Gasteiger partial charge is 0.531 e. The summed E-state index contributed by atoms with van der Waals surface area (Å²) >= 11 is 0. The number of aromatic hydroxyl groups is 1. The highest BCUT2D eigenvalue weighted by molar-refractivity contribution is 5.77. The fourth-order valence-corrected chi connectivity index (χ4v) is 1.13. The normalized spacial score (nSPS) is 10.3. The molecule has 0 aliphatic rings. The lowest BCUT2D eigenvalue weighted by molar-refractivity contribution is 0.0856. The third-order valence-electron chi connectivity index (χ3n) is 1.67. The van der Waals surface area contributed by atoms with Gasteiger partial charge in [-0.25, -0.2) is 9.78 Å². The van der Waals surface area contributed by atoms with Crippen molar-refractivity contribution in [2.24, 2.45) is 0 Å². The van der Waals surface area contributed by atoms with Gasteiger partial charge in [0.1, 0.15) is 17.6 Å². The van der Waals surface area contributed by atoms with Gasteiger partial charge in [0.25, 0.3) is 0 Å². The zero-order chi connectivity index (χ0) is 10.1. The lowest BCUT2D eigenvalue weighted by Crippen LogP contribution is -2.15. The molecule has 0 aliphatic heterocycles. The monoisotopic (exact) mass is 194 g/mol. The number of hydrogen-bond donors (Lipinski definition) is 2. The summed E-state index contributed by atoms with van der Waals surface area (Å²) in [6.07, 6.45) is -0.217. The average Bonchev–Trinajstić information content (AvgIpc) is 2.47. The Labute approximate surface area is 77.9 Å². The predicted octanol–water partition coefficient (Wildman–Crippen LogP) is 0.848. The highest BCUT2D eigenvalue weighted by atomic mass is 16.8. The topological polar surface area (TPSA) is 84.6 Å².